The van der Waals surface area contributed by atoms with Crippen LogP contribution >= 0.6 is 23.4 Å². The highest BCUT2D eigenvalue weighted by atomic mass is 35.5. The minimum atomic E-state index is -0.204. The first-order valence-corrected chi connectivity index (χ1v) is 4.96. The maximum atomic E-state index is 10.8. The molecule has 13 heavy (non-hydrogen) atoms. The van der Waals surface area contributed by atoms with Crippen molar-refractivity contribution < 1.29 is 4.79 Å². The van der Waals surface area contributed by atoms with E-state index in [1.807, 2.05) is 12.1 Å². The number of benzene rings is 1. The average Bonchev–Trinajstić information content (AvgIpc) is 2.14. The van der Waals surface area contributed by atoms with E-state index in [0.717, 1.165) is 4.90 Å². The Morgan fingerprint density at radius 3 is 3.00 bits per heavy atom. The van der Waals surface area contributed by atoms with Crippen molar-refractivity contribution in [3.63, 3.8) is 0 Å². The van der Waals surface area contributed by atoms with Crippen LogP contribution in [0.1, 0.15) is 0 Å². The molecule has 0 aliphatic rings. The standard InChI is InChI=1S/C10H7ClOS/c1-2-9(12)7-13-10-5-3-4-8(11)6-10/h1,3-6H,7H2. The van der Waals surface area contributed by atoms with Crippen LogP contribution in [-0.4, -0.2) is 11.5 Å². The summed E-state index contributed by atoms with van der Waals surface area (Å²) in [4.78, 5) is 11.7. The number of ketones is 1. The minimum absolute atomic E-state index is 0.204. The Morgan fingerprint density at radius 1 is 1.62 bits per heavy atom. The molecule has 0 amide bonds. The molecule has 66 valence electrons. The first kappa shape index (κ1) is 10.2. The molecule has 0 radical (unpaired) electrons. The van der Waals surface area contributed by atoms with Gasteiger partial charge in [0.2, 0.25) is 5.78 Å². The second-order valence-electron chi connectivity index (χ2n) is 2.31. The Labute approximate surface area is 86.5 Å². The van der Waals surface area contributed by atoms with Gasteiger partial charge in [0.15, 0.2) is 0 Å². The minimum Gasteiger partial charge on any atom is -0.284 e. The monoisotopic (exact) mass is 210 g/mol. The zero-order chi connectivity index (χ0) is 9.68. The van der Waals surface area contributed by atoms with Crippen LogP contribution in [0.4, 0.5) is 0 Å². The molecule has 0 heterocycles. The van der Waals surface area contributed by atoms with Gasteiger partial charge < -0.3 is 0 Å². The first-order valence-electron chi connectivity index (χ1n) is 3.60. The Balaban J connectivity index is 2.56. The molecule has 3 heteroatoms. The first-order chi connectivity index (χ1) is 6.22. The van der Waals surface area contributed by atoms with E-state index in [2.05, 4.69) is 5.92 Å². The molecule has 1 aromatic carbocycles. The molecule has 0 bridgehead atoms. The van der Waals surface area contributed by atoms with Gasteiger partial charge in [-0.1, -0.05) is 17.7 Å². The summed E-state index contributed by atoms with van der Waals surface area (Å²) in [6, 6.07) is 7.32. The molecule has 0 aliphatic heterocycles. The molecule has 1 aromatic rings. The van der Waals surface area contributed by atoms with Gasteiger partial charge >= 0.3 is 0 Å². The summed E-state index contributed by atoms with van der Waals surface area (Å²) in [7, 11) is 0. The van der Waals surface area contributed by atoms with Crippen molar-refractivity contribution in [2.45, 2.75) is 4.90 Å². The molecule has 1 rings (SSSR count). The molecule has 0 aliphatic carbocycles. The lowest BCUT2D eigenvalue weighted by Gasteiger charge is -1.97. The van der Waals surface area contributed by atoms with E-state index in [0.29, 0.717) is 10.8 Å². The molecular formula is C10H7ClOS. The topological polar surface area (TPSA) is 17.1 Å². The number of rotatable bonds is 3. The smallest absolute Gasteiger partial charge is 0.215 e. The van der Waals surface area contributed by atoms with Crippen molar-refractivity contribution in [1.82, 2.24) is 0 Å². The lowest BCUT2D eigenvalue weighted by atomic mass is 10.4. The number of carbonyl (C=O) groups excluding carboxylic acids is 1. The van der Waals surface area contributed by atoms with Crippen molar-refractivity contribution >= 4 is 29.1 Å². The molecule has 0 aromatic heterocycles. The van der Waals surface area contributed by atoms with Crippen LogP contribution < -0.4 is 0 Å². The fourth-order valence-electron chi connectivity index (χ4n) is 0.747. The van der Waals surface area contributed by atoms with Crippen molar-refractivity contribution in [2.75, 3.05) is 5.75 Å². The van der Waals surface area contributed by atoms with Crippen LogP contribution in [0.25, 0.3) is 0 Å². The predicted octanol–water partition coefficient (Wildman–Crippen LogP) is 2.63. The number of terminal acetylenes is 1. The summed E-state index contributed by atoms with van der Waals surface area (Å²) in [5.74, 6) is 2.16. The largest absolute Gasteiger partial charge is 0.284 e. The third-order valence-corrected chi connectivity index (χ3v) is 2.56. The van der Waals surface area contributed by atoms with Crippen LogP contribution in [0.15, 0.2) is 29.2 Å². The van der Waals surface area contributed by atoms with E-state index in [9.17, 15) is 4.79 Å². The molecule has 0 atom stereocenters. The van der Waals surface area contributed by atoms with Gasteiger partial charge in [0, 0.05) is 9.92 Å². The highest BCUT2D eigenvalue weighted by Crippen LogP contribution is 2.21. The third-order valence-electron chi connectivity index (χ3n) is 1.33. The van der Waals surface area contributed by atoms with Crippen molar-refractivity contribution in [3.05, 3.63) is 29.3 Å². The zero-order valence-electron chi connectivity index (χ0n) is 6.79. The van der Waals surface area contributed by atoms with Gasteiger partial charge in [0.05, 0.1) is 5.75 Å². The number of thioether (sulfide) groups is 1. The summed E-state index contributed by atoms with van der Waals surface area (Å²) in [5.41, 5.74) is 0. The molecule has 1 nitrogen and oxygen atoms in total. The van der Waals surface area contributed by atoms with Gasteiger partial charge in [-0.15, -0.1) is 18.2 Å². The highest BCUT2D eigenvalue weighted by molar-refractivity contribution is 8.00. The second kappa shape index (κ2) is 4.96. The third kappa shape index (κ3) is 3.54. The molecular weight excluding hydrogens is 204 g/mol. The molecule has 0 saturated carbocycles. The second-order valence-corrected chi connectivity index (χ2v) is 3.80. The van der Waals surface area contributed by atoms with Crippen LogP contribution in [0, 0.1) is 12.3 Å². The van der Waals surface area contributed by atoms with Gasteiger partial charge in [0.25, 0.3) is 0 Å². The number of halogens is 1. The normalized spacial score (nSPS) is 9.23. The molecule has 0 spiro atoms. The van der Waals surface area contributed by atoms with Crippen LogP contribution in [0.3, 0.4) is 0 Å². The van der Waals surface area contributed by atoms with Crippen LogP contribution in [-0.2, 0) is 4.79 Å². The van der Waals surface area contributed by atoms with E-state index in [1.165, 1.54) is 11.8 Å². The van der Waals surface area contributed by atoms with Crippen LogP contribution in [0.2, 0.25) is 5.02 Å². The van der Waals surface area contributed by atoms with Crippen molar-refractivity contribution in [1.29, 1.82) is 0 Å². The van der Waals surface area contributed by atoms with E-state index in [4.69, 9.17) is 18.0 Å². The molecule has 0 unspecified atom stereocenters. The van der Waals surface area contributed by atoms with Crippen LogP contribution in [0.5, 0.6) is 0 Å². The van der Waals surface area contributed by atoms with E-state index in [-0.39, 0.29) is 5.78 Å². The maximum absolute atomic E-state index is 10.8. The Hall–Kier alpha value is -0.910. The predicted molar refractivity (Wildman–Crippen MR) is 56.0 cm³/mol. The summed E-state index contributed by atoms with van der Waals surface area (Å²) in [6.45, 7) is 0. The molecule has 0 saturated heterocycles. The number of hydrogen-bond acceptors (Lipinski definition) is 2. The Bertz CT molecular complexity index is 354. The molecule has 0 N–H and O–H groups in total. The Kier molecular flexibility index (Phi) is 3.88. The SMILES string of the molecule is C#CC(=O)CSc1cccc(Cl)c1. The summed E-state index contributed by atoms with van der Waals surface area (Å²) in [6.07, 6.45) is 4.93. The Morgan fingerprint density at radius 2 is 2.38 bits per heavy atom. The summed E-state index contributed by atoms with van der Waals surface area (Å²) < 4.78 is 0. The van der Waals surface area contributed by atoms with Gasteiger partial charge in [-0.25, -0.2) is 0 Å². The quantitative estimate of drug-likeness (QED) is 0.434. The van der Waals surface area contributed by atoms with E-state index >= 15 is 0 Å². The average molecular weight is 211 g/mol. The maximum Gasteiger partial charge on any atom is 0.215 e. The highest BCUT2D eigenvalue weighted by Gasteiger charge is 1.99. The van der Waals surface area contributed by atoms with Crippen molar-refractivity contribution in [3.8, 4) is 12.3 Å². The molecule has 0 fully saturated rings. The van der Waals surface area contributed by atoms with Gasteiger partial charge in [-0.05, 0) is 24.1 Å². The fourth-order valence-corrected chi connectivity index (χ4v) is 1.77. The zero-order valence-corrected chi connectivity index (χ0v) is 8.36. The summed E-state index contributed by atoms with van der Waals surface area (Å²) in [5, 5.41) is 0.665. The fraction of sp³-hybridized carbons (Fsp3) is 0.100. The van der Waals surface area contributed by atoms with E-state index < -0.39 is 0 Å². The van der Waals surface area contributed by atoms with Gasteiger partial charge in [0.1, 0.15) is 0 Å². The number of Topliss-reactive ketones (excluding diaryl/α,β-unsaturated/α-hetero) is 1. The number of hydrogen-bond donors (Lipinski definition) is 0. The van der Waals surface area contributed by atoms with Gasteiger partial charge in [-0.2, -0.15) is 0 Å². The lowest BCUT2D eigenvalue weighted by Crippen LogP contribution is -1.95. The summed E-state index contributed by atoms with van der Waals surface area (Å²) >= 11 is 7.15. The lowest BCUT2D eigenvalue weighted by molar-refractivity contribution is -0.111. The van der Waals surface area contributed by atoms with Crippen molar-refractivity contribution in [2.24, 2.45) is 0 Å². The van der Waals surface area contributed by atoms with Gasteiger partial charge in [-0.3, -0.25) is 4.79 Å². The number of carbonyl (C=O) groups is 1. The van der Waals surface area contributed by atoms with E-state index in [1.54, 1.807) is 12.1 Å².